The van der Waals surface area contributed by atoms with E-state index < -0.39 is 49.0 Å². The molecule has 0 atom stereocenters. The van der Waals surface area contributed by atoms with E-state index in [0.29, 0.717) is 0 Å². The van der Waals surface area contributed by atoms with Crippen LogP contribution in [0.2, 0.25) is 0 Å². The number of fused-ring (bicyclic) bond motifs is 3. The summed E-state index contributed by atoms with van der Waals surface area (Å²) in [6.45, 7) is 1.38. The Morgan fingerprint density at radius 3 is 2.24 bits per heavy atom. The smallest absolute Gasteiger partial charge is 0.430 e. The van der Waals surface area contributed by atoms with Gasteiger partial charge < -0.3 is 4.42 Å². The van der Waals surface area contributed by atoms with Crippen molar-refractivity contribution in [1.29, 1.82) is 0 Å². The van der Waals surface area contributed by atoms with Crippen LogP contribution in [-0.2, 0) is 16.0 Å². The normalized spacial score (nSPS) is 13.4. The highest BCUT2D eigenvalue weighted by molar-refractivity contribution is 7.92. The molecule has 3 aromatic heterocycles. The third-order valence-corrected chi connectivity index (χ3v) is 6.11. The maximum atomic E-state index is 12.9. The molecule has 4 aromatic rings. The van der Waals surface area contributed by atoms with E-state index in [9.17, 15) is 39.6 Å². The number of aryl methyl sites for hydroxylation is 1. The molecule has 1 aromatic carbocycles. The minimum absolute atomic E-state index is 0.0209. The summed E-state index contributed by atoms with van der Waals surface area (Å²) in [5.74, 6) is 0.0209. The van der Waals surface area contributed by atoms with Crippen molar-refractivity contribution >= 4 is 38.3 Å². The SMILES string of the molecule is Cc1nc2c(oc3nc(C(F)(F)F)ccc32)c(=O)n1/N=C/c1ccc(S(=O)(=O)C(F)(F)F)cc1. The van der Waals surface area contributed by atoms with Gasteiger partial charge in [0.1, 0.15) is 17.0 Å². The summed E-state index contributed by atoms with van der Waals surface area (Å²) in [6.07, 6.45) is -3.68. The zero-order chi connectivity index (χ0) is 25.1. The zero-order valence-electron chi connectivity index (χ0n) is 16.6. The van der Waals surface area contributed by atoms with E-state index in [1.807, 2.05) is 0 Å². The Hall–Kier alpha value is -3.75. The van der Waals surface area contributed by atoms with E-state index in [1.54, 1.807) is 0 Å². The van der Waals surface area contributed by atoms with Crippen molar-refractivity contribution in [2.75, 3.05) is 0 Å². The molecule has 0 saturated carbocycles. The highest BCUT2D eigenvalue weighted by atomic mass is 32.2. The third-order valence-electron chi connectivity index (χ3n) is 4.60. The Morgan fingerprint density at radius 2 is 1.65 bits per heavy atom. The molecule has 15 heteroatoms. The third kappa shape index (κ3) is 3.91. The van der Waals surface area contributed by atoms with Gasteiger partial charge in [0.2, 0.25) is 11.3 Å². The fraction of sp³-hybridized carbons (Fsp3) is 0.158. The van der Waals surface area contributed by atoms with Crippen LogP contribution in [0.3, 0.4) is 0 Å². The Bertz CT molecular complexity index is 1620. The molecule has 0 N–H and O–H groups in total. The van der Waals surface area contributed by atoms with Crippen molar-refractivity contribution in [2.24, 2.45) is 5.10 Å². The first-order valence-corrected chi connectivity index (χ1v) is 10.5. The second-order valence-electron chi connectivity index (χ2n) is 6.87. The van der Waals surface area contributed by atoms with E-state index in [2.05, 4.69) is 15.1 Å². The quantitative estimate of drug-likeness (QED) is 0.308. The molecule has 178 valence electrons. The van der Waals surface area contributed by atoms with Crippen LogP contribution in [0.15, 0.2) is 55.6 Å². The molecule has 3 heterocycles. The summed E-state index contributed by atoms with van der Waals surface area (Å²) in [7, 11) is -5.52. The number of sulfone groups is 1. The van der Waals surface area contributed by atoms with Crippen molar-refractivity contribution in [3.05, 3.63) is 63.8 Å². The van der Waals surface area contributed by atoms with Gasteiger partial charge in [-0.25, -0.2) is 18.4 Å². The van der Waals surface area contributed by atoms with Crippen LogP contribution >= 0.6 is 0 Å². The average molecular weight is 504 g/mol. The van der Waals surface area contributed by atoms with Crippen LogP contribution in [0.4, 0.5) is 26.3 Å². The van der Waals surface area contributed by atoms with Crippen LogP contribution in [0.1, 0.15) is 17.1 Å². The van der Waals surface area contributed by atoms with Gasteiger partial charge in [-0.15, -0.1) is 0 Å². The number of aromatic nitrogens is 3. The van der Waals surface area contributed by atoms with Crippen LogP contribution < -0.4 is 5.56 Å². The number of halogens is 6. The Morgan fingerprint density at radius 1 is 1.00 bits per heavy atom. The molecular weight excluding hydrogens is 494 g/mol. The van der Waals surface area contributed by atoms with Crippen molar-refractivity contribution in [3.63, 3.8) is 0 Å². The summed E-state index contributed by atoms with van der Waals surface area (Å²) >= 11 is 0. The lowest BCUT2D eigenvalue weighted by atomic mass is 10.2. The summed E-state index contributed by atoms with van der Waals surface area (Å²) in [4.78, 5) is 19.3. The number of hydrogen-bond acceptors (Lipinski definition) is 7. The van der Waals surface area contributed by atoms with Gasteiger partial charge in [0.05, 0.1) is 16.5 Å². The number of pyridine rings is 1. The first kappa shape index (κ1) is 23.4. The molecule has 0 aliphatic carbocycles. The van der Waals surface area contributed by atoms with Crippen LogP contribution in [-0.4, -0.2) is 34.8 Å². The molecule has 0 aliphatic heterocycles. The minimum Gasteiger partial charge on any atom is -0.430 e. The monoisotopic (exact) mass is 504 g/mol. The second-order valence-corrected chi connectivity index (χ2v) is 8.81. The molecule has 0 fully saturated rings. The van der Waals surface area contributed by atoms with E-state index in [4.69, 9.17) is 4.42 Å². The van der Waals surface area contributed by atoms with Crippen LogP contribution in [0.25, 0.3) is 22.2 Å². The molecule has 34 heavy (non-hydrogen) atoms. The van der Waals surface area contributed by atoms with Gasteiger partial charge in [-0.2, -0.15) is 36.1 Å². The molecule has 0 aliphatic rings. The van der Waals surface area contributed by atoms with Gasteiger partial charge in [-0.3, -0.25) is 4.79 Å². The first-order valence-electron chi connectivity index (χ1n) is 9.06. The van der Waals surface area contributed by atoms with Gasteiger partial charge in [-0.05, 0) is 36.8 Å². The lowest BCUT2D eigenvalue weighted by molar-refractivity contribution is -0.141. The van der Waals surface area contributed by atoms with Crippen LogP contribution in [0.5, 0.6) is 0 Å². The lowest BCUT2D eigenvalue weighted by Gasteiger charge is -2.07. The van der Waals surface area contributed by atoms with E-state index in [0.717, 1.165) is 47.3 Å². The molecule has 0 bridgehead atoms. The molecule has 0 unspecified atom stereocenters. The molecule has 0 amide bonds. The summed E-state index contributed by atoms with van der Waals surface area (Å²) in [6, 6.07) is 5.33. The van der Waals surface area contributed by atoms with Gasteiger partial charge in [-0.1, -0.05) is 12.1 Å². The zero-order valence-corrected chi connectivity index (χ0v) is 17.5. The van der Waals surface area contributed by atoms with Crippen molar-refractivity contribution in [3.8, 4) is 0 Å². The van der Waals surface area contributed by atoms with Crippen molar-refractivity contribution in [2.45, 2.75) is 23.5 Å². The van der Waals surface area contributed by atoms with E-state index >= 15 is 0 Å². The molecule has 0 saturated heterocycles. The molecule has 0 spiro atoms. The second kappa shape index (κ2) is 7.65. The maximum Gasteiger partial charge on any atom is 0.501 e. The Labute approximate surface area is 185 Å². The van der Waals surface area contributed by atoms with Crippen molar-refractivity contribution in [1.82, 2.24) is 14.6 Å². The highest BCUT2D eigenvalue weighted by Gasteiger charge is 2.46. The fourth-order valence-corrected chi connectivity index (χ4v) is 3.72. The average Bonchev–Trinajstić information content (AvgIpc) is 3.10. The summed E-state index contributed by atoms with van der Waals surface area (Å²) < 4.78 is 105. The molecular formula is C19H10F6N4O4S. The molecule has 4 rings (SSSR count). The van der Waals surface area contributed by atoms with E-state index in [-0.39, 0.29) is 22.3 Å². The summed E-state index contributed by atoms with van der Waals surface area (Å²) in [5, 5.41) is 3.96. The van der Waals surface area contributed by atoms with Gasteiger partial charge in [0.15, 0.2) is 0 Å². The predicted octanol–water partition coefficient (Wildman–Crippen LogP) is 4.04. The number of furan rings is 1. The van der Waals surface area contributed by atoms with Gasteiger partial charge >= 0.3 is 17.2 Å². The number of nitrogens with zero attached hydrogens (tertiary/aromatic N) is 4. The summed E-state index contributed by atoms with van der Waals surface area (Å²) in [5.41, 5.74) is -8.28. The van der Waals surface area contributed by atoms with Gasteiger partial charge in [0.25, 0.3) is 9.84 Å². The topological polar surface area (TPSA) is 107 Å². The van der Waals surface area contributed by atoms with Crippen LogP contribution in [0, 0.1) is 6.92 Å². The van der Waals surface area contributed by atoms with Gasteiger partial charge in [0, 0.05) is 0 Å². The fourth-order valence-electron chi connectivity index (χ4n) is 2.96. The molecule has 8 nitrogen and oxygen atoms in total. The largest absolute Gasteiger partial charge is 0.501 e. The molecule has 0 radical (unpaired) electrons. The number of alkyl halides is 6. The Kier molecular flexibility index (Phi) is 5.27. The maximum absolute atomic E-state index is 12.9. The number of rotatable bonds is 3. The minimum atomic E-state index is -5.52. The highest BCUT2D eigenvalue weighted by Crippen LogP contribution is 2.32. The lowest BCUT2D eigenvalue weighted by Crippen LogP contribution is -2.23. The van der Waals surface area contributed by atoms with Crippen molar-refractivity contribution < 1.29 is 39.2 Å². The first-order chi connectivity index (χ1) is 15.7. The standard InChI is InChI=1S/C19H10F6N4O4S/c1-9-27-14-12-6-7-13(18(20,21)22)28-16(12)33-15(14)17(30)29(9)26-8-10-2-4-11(5-3-10)34(31,32)19(23,24)25/h2-8H,1H3/b26-8+. The Balaban J connectivity index is 1.74. The number of benzene rings is 1. The predicted molar refractivity (Wildman–Crippen MR) is 106 cm³/mol. The van der Waals surface area contributed by atoms with E-state index in [1.165, 1.54) is 6.92 Å². The number of hydrogen-bond donors (Lipinski definition) is 0.